The van der Waals surface area contributed by atoms with Crippen molar-refractivity contribution in [1.29, 1.82) is 0 Å². The minimum Gasteiger partial charge on any atom is -0.252 e. The van der Waals surface area contributed by atoms with Crippen molar-refractivity contribution in [3.63, 3.8) is 0 Å². The Morgan fingerprint density at radius 2 is 1.94 bits per heavy atom. The SMILES string of the molecule is CS(=O)(=O)CCSc1cnc2ccccc2n1. The molecule has 4 nitrogen and oxygen atoms in total. The van der Waals surface area contributed by atoms with Gasteiger partial charge in [-0.05, 0) is 12.1 Å². The topological polar surface area (TPSA) is 59.9 Å². The molecule has 0 aliphatic heterocycles. The third-order valence-corrected chi connectivity index (χ3v) is 4.24. The highest BCUT2D eigenvalue weighted by molar-refractivity contribution is 8.00. The average Bonchev–Trinajstić information content (AvgIpc) is 2.27. The van der Waals surface area contributed by atoms with Crippen LogP contribution in [0.4, 0.5) is 0 Å². The second-order valence-electron chi connectivity index (χ2n) is 3.68. The molecule has 1 aromatic carbocycles. The molecule has 2 aromatic rings. The van der Waals surface area contributed by atoms with Crippen LogP contribution in [0.25, 0.3) is 11.0 Å². The molecule has 6 heteroatoms. The lowest BCUT2D eigenvalue weighted by atomic mass is 10.3. The third kappa shape index (κ3) is 3.67. The van der Waals surface area contributed by atoms with Crippen LogP contribution in [0.5, 0.6) is 0 Å². The first-order chi connectivity index (χ1) is 8.04. The fourth-order valence-corrected chi connectivity index (χ4v) is 3.35. The van der Waals surface area contributed by atoms with Gasteiger partial charge in [0.15, 0.2) is 0 Å². The van der Waals surface area contributed by atoms with E-state index in [-0.39, 0.29) is 5.75 Å². The molecule has 0 aliphatic rings. The van der Waals surface area contributed by atoms with Crippen molar-refractivity contribution in [2.24, 2.45) is 0 Å². The van der Waals surface area contributed by atoms with Crippen LogP contribution in [0, 0.1) is 0 Å². The van der Waals surface area contributed by atoms with E-state index in [1.165, 1.54) is 18.0 Å². The van der Waals surface area contributed by atoms with Gasteiger partial charge in [0, 0.05) is 12.0 Å². The van der Waals surface area contributed by atoms with E-state index in [9.17, 15) is 8.42 Å². The van der Waals surface area contributed by atoms with E-state index in [1.807, 2.05) is 24.3 Å². The maximum atomic E-state index is 11.0. The summed E-state index contributed by atoms with van der Waals surface area (Å²) in [6.07, 6.45) is 2.91. The molecule has 0 spiro atoms. The number of rotatable bonds is 4. The number of nitrogens with zero attached hydrogens (tertiary/aromatic N) is 2. The standard InChI is InChI=1S/C11H12N2O2S2/c1-17(14,15)7-6-16-11-8-12-9-4-2-3-5-10(9)13-11/h2-5,8H,6-7H2,1H3. The van der Waals surface area contributed by atoms with Gasteiger partial charge in [-0.3, -0.25) is 4.98 Å². The van der Waals surface area contributed by atoms with Crippen molar-refractivity contribution in [2.45, 2.75) is 5.03 Å². The number of hydrogen-bond acceptors (Lipinski definition) is 5. The van der Waals surface area contributed by atoms with Gasteiger partial charge in [0.05, 0.1) is 23.0 Å². The van der Waals surface area contributed by atoms with E-state index in [0.717, 1.165) is 16.1 Å². The smallest absolute Gasteiger partial charge is 0.148 e. The Kier molecular flexibility index (Phi) is 3.63. The molecule has 0 radical (unpaired) electrons. The third-order valence-electron chi connectivity index (χ3n) is 2.13. The number of hydrogen-bond donors (Lipinski definition) is 0. The molecule has 0 unspecified atom stereocenters. The molecule has 0 amide bonds. The van der Waals surface area contributed by atoms with Crippen molar-refractivity contribution in [2.75, 3.05) is 17.8 Å². The molecule has 0 aliphatic carbocycles. The van der Waals surface area contributed by atoms with Gasteiger partial charge < -0.3 is 0 Å². The molecule has 0 bridgehead atoms. The second-order valence-corrected chi connectivity index (χ2v) is 7.05. The van der Waals surface area contributed by atoms with Crippen LogP contribution in [-0.4, -0.2) is 36.1 Å². The molecular weight excluding hydrogens is 256 g/mol. The number of fused-ring (bicyclic) bond motifs is 1. The van der Waals surface area contributed by atoms with Crippen LogP contribution in [-0.2, 0) is 9.84 Å². The summed E-state index contributed by atoms with van der Waals surface area (Å²) in [6.45, 7) is 0. The molecule has 0 saturated heterocycles. The first-order valence-corrected chi connectivity index (χ1v) is 8.11. The summed E-state index contributed by atoms with van der Waals surface area (Å²) in [4.78, 5) is 8.66. The molecule has 90 valence electrons. The first kappa shape index (κ1) is 12.3. The minimum atomic E-state index is -2.91. The van der Waals surface area contributed by atoms with Gasteiger partial charge in [0.25, 0.3) is 0 Å². The lowest BCUT2D eigenvalue weighted by molar-refractivity contribution is 0.603. The maximum absolute atomic E-state index is 11.0. The highest BCUT2D eigenvalue weighted by Crippen LogP contribution is 2.17. The number of aromatic nitrogens is 2. The van der Waals surface area contributed by atoms with Gasteiger partial charge in [-0.1, -0.05) is 12.1 Å². The van der Waals surface area contributed by atoms with Crippen LogP contribution >= 0.6 is 11.8 Å². The average molecular weight is 268 g/mol. The second kappa shape index (κ2) is 5.01. The molecular formula is C11H12N2O2S2. The fraction of sp³-hybridized carbons (Fsp3) is 0.273. The normalized spacial score (nSPS) is 11.8. The molecule has 0 saturated carbocycles. The summed E-state index contributed by atoms with van der Waals surface area (Å²) in [6, 6.07) is 7.60. The zero-order valence-corrected chi connectivity index (χ0v) is 11.0. The number of benzene rings is 1. The van der Waals surface area contributed by atoms with E-state index < -0.39 is 9.84 Å². The summed E-state index contributed by atoms with van der Waals surface area (Å²) in [5.74, 6) is 0.665. The lowest BCUT2D eigenvalue weighted by Gasteiger charge is -2.01. The van der Waals surface area contributed by atoms with Crippen molar-refractivity contribution in [3.05, 3.63) is 30.5 Å². The van der Waals surface area contributed by atoms with Crippen molar-refractivity contribution >= 4 is 32.6 Å². The highest BCUT2D eigenvalue weighted by atomic mass is 32.2. The quantitative estimate of drug-likeness (QED) is 0.791. The Morgan fingerprint density at radius 3 is 2.65 bits per heavy atom. The number of thioether (sulfide) groups is 1. The Morgan fingerprint density at radius 1 is 1.24 bits per heavy atom. The van der Waals surface area contributed by atoms with Gasteiger partial charge in [-0.2, -0.15) is 0 Å². The maximum Gasteiger partial charge on any atom is 0.148 e. The van der Waals surface area contributed by atoms with E-state index in [0.29, 0.717) is 5.75 Å². The lowest BCUT2D eigenvalue weighted by Crippen LogP contribution is -2.05. The van der Waals surface area contributed by atoms with Gasteiger partial charge in [0.2, 0.25) is 0 Å². The highest BCUT2D eigenvalue weighted by Gasteiger charge is 2.04. The molecule has 0 atom stereocenters. The largest absolute Gasteiger partial charge is 0.252 e. The van der Waals surface area contributed by atoms with Crippen LogP contribution in [0.15, 0.2) is 35.5 Å². The minimum absolute atomic E-state index is 0.159. The summed E-state index contributed by atoms with van der Waals surface area (Å²) < 4.78 is 22.0. The van der Waals surface area contributed by atoms with Crippen molar-refractivity contribution in [1.82, 2.24) is 9.97 Å². The Bertz CT molecular complexity index is 626. The molecule has 0 fully saturated rings. The summed E-state index contributed by atoms with van der Waals surface area (Å²) in [5.41, 5.74) is 1.68. The predicted octanol–water partition coefficient (Wildman–Crippen LogP) is 1.77. The molecule has 2 rings (SSSR count). The van der Waals surface area contributed by atoms with Crippen molar-refractivity contribution in [3.8, 4) is 0 Å². The molecule has 0 N–H and O–H groups in total. The zero-order valence-electron chi connectivity index (χ0n) is 9.33. The zero-order chi connectivity index (χ0) is 12.3. The molecule has 1 aromatic heterocycles. The van der Waals surface area contributed by atoms with Gasteiger partial charge in [-0.25, -0.2) is 13.4 Å². The molecule has 17 heavy (non-hydrogen) atoms. The summed E-state index contributed by atoms with van der Waals surface area (Å²) in [7, 11) is -2.91. The van der Waals surface area contributed by atoms with Crippen LogP contribution in [0.1, 0.15) is 0 Å². The van der Waals surface area contributed by atoms with Gasteiger partial charge in [-0.15, -0.1) is 11.8 Å². The van der Waals surface area contributed by atoms with Gasteiger partial charge in [0.1, 0.15) is 14.9 Å². The van der Waals surface area contributed by atoms with Crippen LogP contribution in [0.2, 0.25) is 0 Å². The summed E-state index contributed by atoms with van der Waals surface area (Å²) >= 11 is 1.41. The number of sulfone groups is 1. The monoisotopic (exact) mass is 268 g/mol. The van der Waals surface area contributed by atoms with Gasteiger partial charge >= 0.3 is 0 Å². The van der Waals surface area contributed by atoms with E-state index in [2.05, 4.69) is 9.97 Å². The number of para-hydroxylation sites is 2. The van der Waals surface area contributed by atoms with E-state index >= 15 is 0 Å². The van der Waals surface area contributed by atoms with E-state index in [1.54, 1.807) is 6.20 Å². The predicted molar refractivity (Wildman–Crippen MR) is 70.0 cm³/mol. The molecule has 1 heterocycles. The van der Waals surface area contributed by atoms with Crippen molar-refractivity contribution < 1.29 is 8.42 Å². The Hall–Kier alpha value is -1.14. The van der Waals surface area contributed by atoms with Crippen LogP contribution in [0.3, 0.4) is 0 Å². The fourth-order valence-electron chi connectivity index (χ4n) is 1.31. The Labute approximate surface area is 104 Å². The van der Waals surface area contributed by atoms with Crippen LogP contribution < -0.4 is 0 Å². The first-order valence-electron chi connectivity index (χ1n) is 5.07. The van der Waals surface area contributed by atoms with E-state index in [4.69, 9.17) is 0 Å². The Balaban J connectivity index is 2.09. The summed E-state index contributed by atoms with van der Waals surface area (Å²) in [5, 5.41) is 0.757.